The van der Waals surface area contributed by atoms with Gasteiger partial charge in [-0.15, -0.1) is 0 Å². The predicted molar refractivity (Wildman–Crippen MR) is 104 cm³/mol. The Morgan fingerprint density at radius 3 is 2.86 bits per heavy atom. The molecule has 4 rings (SSSR count). The van der Waals surface area contributed by atoms with Crippen LogP contribution in [0.3, 0.4) is 0 Å². The Morgan fingerprint density at radius 2 is 2.04 bits per heavy atom. The van der Waals surface area contributed by atoms with Gasteiger partial charge in [0.15, 0.2) is 0 Å². The summed E-state index contributed by atoms with van der Waals surface area (Å²) in [6, 6.07) is 11.3. The molecule has 0 aliphatic heterocycles. The number of nitrogens with one attached hydrogen (secondary N) is 3. The van der Waals surface area contributed by atoms with Crippen LogP contribution >= 0.6 is 0 Å². The number of aromatic amines is 1. The number of halogens is 1. The second-order valence-corrected chi connectivity index (χ2v) is 6.27. The Labute approximate surface area is 160 Å². The normalized spacial score (nSPS) is 10.8. The minimum absolute atomic E-state index is 0.0797. The topological polar surface area (TPSA) is 95.6 Å². The molecule has 28 heavy (non-hydrogen) atoms. The van der Waals surface area contributed by atoms with Crippen molar-refractivity contribution < 1.29 is 9.18 Å². The number of H-pyrrole nitrogens is 1. The lowest BCUT2D eigenvalue weighted by Crippen LogP contribution is -2.28. The van der Waals surface area contributed by atoms with Crippen molar-refractivity contribution in [3.63, 3.8) is 0 Å². The largest absolute Gasteiger partial charge is 0.334 e. The minimum Gasteiger partial charge on any atom is -0.334 e. The number of urea groups is 1. The first-order valence-electron chi connectivity index (χ1n) is 8.65. The fourth-order valence-corrected chi connectivity index (χ4v) is 2.87. The van der Waals surface area contributed by atoms with E-state index >= 15 is 0 Å². The molecule has 3 heterocycles. The second-order valence-electron chi connectivity index (χ2n) is 6.27. The van der Waals surface area contributed by atoms with Gasteiger partial charge in [0, 0.05) is 47.2 Å². The van der Waals surface area contributed by atoms with Crippen LogP contribution in [0.1, 0.15) is 11.3 Å². The van der Waals surface area contributed by atoms with E-state index < -0.39 is 6.03 Å². The number of pyridine rings is 2. The smallest absolute Gasteiger partial charge is 0.320 e. The zero-order valence-electron chi connectivity index (χ0n) is 15.0. The molecule has 2 amide bonds. The van der Waals surface area contributed by atoms with Crippen LogP contribution in [0.4, 0.5) is 15.0 Å². The summed E-state index contributed by atoms with van der Waals surface area (Å²) in [4.78, 5) is 20.5. The maximum atomic E-state index is 13.6. The number of hydrogen-bond acceptors (Lipinski definition) is 4. The molecule has 140 valence electrons. The number of amides is 2. The van der Waals surface area contributed by atoms with Gasteiger partial charge in [-0.25, -0.2) is 14.2 Å². The minimum atomic E-state index is -0.473. The SMILES string of the molecule is Cc1cc(-c2n[nH]c3cc(NC(=O)NCc4ccccc4F)ncc23)ccn1. The molecule has 0 atom stereocenters. The number of rotatable bonds is 4. The molecular formula is C20H17FN6O. The van der Waals surface area contributed by atoms with E-state index in [1.165, 1.54) is 6.07 Å². The van der Waals surface area contributed by atoms with Crippen LogP contribution in [0.2, 0.25) is 0 Å². The molecule has 3 N–H and O–H groups in total. The number of carbonyl (C=O) groups excluding carboxylic acids is 1. The number of carbonyl (C=O) groups is 1. The third-order valence-electron chi connectivity index (χ3n) is 4.26. The van der Waals surface area contributed by atoms with Crippen LogP contribution in [0.25, 0.3) is 22.2 Å². The van der Waals surface area contributed by atoms with Gasteiger partial charge in [0.25, 0.3) is 0 Å². The van der Waals surface area contributed by atoms with Gasteiger partial charge in [-0.3, -0.25) is 15.4 Å². The lowest BCUT2D eigenvalue weighted by Gasteiger charge is -2.08. The van der Waals surface area contributed by atoms with Gasteiger partial charge in [0.1, 0.15) is 17.3 Å². The van der Waals surface area contributed by atoms with Gasteiger partial charge in [0.05, 0.1) is 5.52 Å². The summed E-state index contributed by atoms with van der Waals surface area (Å²) in [5, 5.41) is 13.4. The van der Waals surface area contributed by atoms with E-state index in [9.17, 15) is 9.18 Å². The molecule has 3 aromatic heterocycles. The maximum absolute atomic E-state index is 13.6. The van der Waals surface area contributed by atoms with Crippen molar-refractivity contribution >= 4 is 22.8 Å². The summed E-state index contributed by atoms with van der Waals surface area (Å²) < 4.78 is 13.6. The zero-order chi connectivity index (χ0) is 19.5. The lowest BCUT2D eigenvalue weighted by molar-refractivity contribution is 0.251. The number of benzene rings is 1. The van der Waals surface area contributed by atoms with E-state index in [0.717, 1.165) is 27.9 Å². The van der Waals surface area contributed by atoms with Crippen LogP contribution in [0, 0.1) is 12.7 Å². The van der Waals surface area contributed by atoms with Crippen molar-refractivity contribution in [3.05, 3.63) is 71.9 Å². The molecule has 0 saturated carbocycles. The van der Waals surface area contributed by atoms with Gasteiger partial charge in [0.2, 0.25) is 0 Å². The van der Waals surface area contributed by atoms with Crippen LogP contribution in [-0.2, 0) is 6.54 Å². The summed E-state index contributed by atoms with van der Waals surface area (Å²) >= 11 is 0. The molecule has 4 aromatic rings. The van der Waals surface area contributed by atoms with Gasteiger partial charge in [-0.1, -0.05) is 18.2 Å². The second kappa shape index (κ2) is 7.43. The van der Waals surface area contributed by atoms with E-state index in [4.69, 9.17) is 0 Å². The molecule has 0 spiro atoms. The third-order valence-corrected chi connectivity index (χ3v) is 4.26. The Balaban J connectivity index is 1.48. The van der Waals surface area contributed by atoms with E-state index in [-0.39, 0.29) is 12.4 Å². The summed E-state index contributed by atoms with van der Waals surface area (Å²) in [6.45, 7) is 1.99. The summed E-state index contributed by atoms with van der Waals surface area (Å²) in [5.74, 6) is -0.00155. The quantitative estimate of drug-likeness (QED) is 0.505. The standard InChI is InChI=1S/C20H17FN6O/c1-12-8-13(6-7-22-12)19-15-11-23-18(9-17(15)26-27-19)25-20(28)24-10-14-4-2-3-5-16(14)21/h2-9,11H,10H2,1H3,(H,26,27)(H2,23,24,25,28). The average Bonchev–Trinajstić information content (AvgIpc) is 3.10. The van der Waals surface area contributed by atoms with E-state index in [2.05, 4.69) is 30.8 Å². The molecule has 0 radical (unpaired) electrons. The molecule has 7 nitrogen and oxygen atoms in total. The number of anilines is 1. The summed E-state index contributed by atoms with van der Waals surface area (Å²) in [5.41, 5.74) is 3.75. The first-order chi connectivity index (χ1) is 13.6. The summed E-state index contributed by atoms with van der Waals surface area (Å²) in [6.07, 6.45) is 3.38. The van der Waals surface area contributed by atoms with Gasteiger partial charge >= 0.3 is 6.03 Å². The van der Waals surface area contributed by atoms with Crippen molar-refractivity contribution in [2.75, 3.05) is 5.32 Å². The molecule has 0 fully saturated rings. The summed E-state index contributed by atoms with van der Waals surface area (Å²) in [7, 11) is 0. The number of aromatic nitrogens is 4. The number of nitrogens with zero attached hydrogens (tertiary/aromatic N) is 3. The van der Waals surface area contributed by atoms with Crippen molar-refractivity contribution in [2.24, 2.45) is 0 Å². The number of fused-ring (bicyclic) bond motifs is 1. The average molecular weight is 376 g/mol. The molecule has 0 aliphatic rings. The monoisotopic (exact) mass is 376 g/mol. The molecule has 0 aliphatic carbocycles. The Kier molecular flexibility index (Phi) is 4.67. The molecular weight excluding hydrogens is 359 g/mol. The van der Waals surface area contributed by atoms with Gasteiger partial charge < -0.3 is 5.32 Å². The number of aryl methyl sites for hydroxylation is 1. The molecule has 1 aromatic carbocycles. The third kappa shape index (κ3) is 3.66. The van der Waals surface area contributed by atoms with Crippen LogP contribution in [0.15, 0.2) is 54.9 Å². The van der Waals surface area contributed by atoms with Crippen LogP contribution in [-0.4, -0.2) is 26.2 Å². The van der Waals surface area contributed by atoms with Crippen molar-refractivity contribution in [1.82, 2.24) is 25.5 Å². The lowest BCUT2D eigenvalue weighted by atomic mass is 10.1. The molecule has 0 bridgehead atoms. The van der Waals surface area contributed by atoms with Crippen LogP contribution in [0.5, 0.6) is 0 Å². The van der Waals surface area contributed by atoms with Crippen LogP contribution < -0.4 is 10.6 Å². The van der Waals surface area contributed by atoms with E-state index in [0.29, 0.717) is 11.4 Å². The van der Waals surface area contributed by atoms with Gasteiger partial charge in [-0.2, -0.15) is 5.10 Å². The fraction of sp³-hybridized carbons (Fsp3) is 0.100. The zero-order valence-corrected chi connectivity index (χ0v) is 15.0. The highest BCUT2D eigenvalue weighted by molar-refractivity contribution is 5.95. The molecule has 0 unspecified atom stereocenters. The Hall–Kier alpha value is -3.81. The first-order valence-corrected chi connectivity index (χ1v) is 8.65. The fourth-order valence-electron chi connectivity index (χ4n) is 2.87. The highest BCUT2D eigenvalue weighted by atomic mass is 19.1. The maximum Gasteiger partial charge on any atom is 0.320 e. The first kappa shape index (κ1) is 17.6. The van der Waals surface area contributed by atoms with E-state index in [1.54, 1.807) is 36.7 Å². The predicted octanol–water partition coefficient (Wildman–Crippen LogP) is 3.79. The number of hydrogen-bond donors (Lipinski definition) is 3. The van der Waals surface area contributed by atoms with E-state index in [1.807, 2.05) is 19.1 Å². The van der Waals surface area contributed by atoms with Gasteiger partial charge in [-0.05, 0) is 25.1 Å². The molecule has 0 saturated heterocycles. The van der Waals surface area contributed by atoms with Crippen molar-refractivity contribution in [3.8, 4) is 11.3 Å². The van der Waals surface area contributed by atoms with Crippen molar-refractivity contribution in [2.45, 2.75) is 13.5 Å². The molecule has 8 heteroatoms. The Morgan fingerprint density at radius 1 is 1.18 bits per heavy atom. The van der Waals surface area contributed by atoms with Crippen molar-refractivity contribution in [1.29, 1.82) is 0 Å². The Bertz CT molecular complexity index is 1160. The highest BCUT2D eigenvalue weighted by Crippen LogP contribution is 2.26. The highest BCUT2D eigenvalue weighted by Gasteiger charge is 2.11.